The molecular weight excluding hydrogens is 260 g/mol. The molecule has 0 saturated heterocycles. The van der Waals surface area contributed by atoms with Crippen LogP contribution in [-0.4, -0.2) is 39.5 Å². The van der Waals surface area contributed by atoms with Gasteiger partial charge in [0.1, 0.15) is 12.8 Å². The molecule has 110 valence electrons. The van der Waals surface area contributed by atoms with Crippen LogP contribution in [0, 0.1) is 0 Å². The number of methoxy groups -OCH3 is 2. The van der Waals surface area contributed by atoms with E-state index in [1.165, 1.54) is 7.11 Å². The SMILES string of the molecule is CON=C(C)C(=O)NCCc1ccc(OC)c(OC)c1. The maximum atomic E-state index is 11.6. The number of oxime groups is 1. The second kappa shape index (κ2) is 8.04. The van der Waals surface area contributed by atoms with Crippen molar-refractivity contribution in [3.8, 4) is 11.5 Å². The lowest BCUT2D eigenvalue weighted by molar-refractivity contribution is -0.115. The molecule has 0 spiro atoms. The lowest BCUT2D eigenvalue weighted by Crippen LogP contribution is -2.31. The molecule has 1 aromatic carbocycles. The van der Waals surface area contributed by atoms with Gasteiger partial charge in [-0.1, -0.05) is 11.2 Å². The first kappa shape index (κ1) is 15.8. The highest BCUT2D eigenvalue weighted by Gasteiger charge is 2.07. The maximum absolute atomic E-state index is 11.6. The van der Waals surface area contributed by atoms with Crippen LogP contribution >= 0.6 is 0 Å². The highest BCUT2D eigenvalue weighted by molar-refractivity contribution is 6.37. The minimum atomic E-state index is -0.243. The van der Waals surface area contributed by atoms with Crippen LogP contribution in [0.15, 0.2) is 23.4 Å². The molecule has 0 aliphatic carbocycles. The number of carbonyl (C=O) groups excluding carboxylic acids is 1. The Labute approximate surface area is 118 Å². The first-order valence-electron chi connectivity index (χ1n) is 6.19. The van der Waals surface area contributed by atoms with Crippen molar-refractivity contribution in [1.82, 2.24) is 5.32 Å². The molecule has 0 aliphatic rings. The Morgan fingerprint density at radius 2 is 1.90 bits per heavy atom. The van der Waals surface area contributed by atoms with Crippen molar-refractivity contribution in [3.05, 3.63) is 23.8 Å². The van der Waals surface area contributed by atoms with Gasteiger partial charge in [-0.3, -0.25) is 4.79 Å². The molecule has 0 aliphatic heterocycles. The summed E-state index contributed by atoms with van der Waals surface area (Å²) in [5, 5.41) is 6.33. The number of nitrogens with zero attached hydrogens (tertiary/aromatic N) is 1. The van der Waals surface area contributed by atoms with Gasteiger partial charge in [0.25, 0.3) is 5.91 Å². The minimum absolute atomic E-state index is 0.243. The highest BCUT2D eigenvalue weighted by Crippen LogP contribution is 2.27. The van der Waals surface area contributed by atoms with Gasteiger partial charge in [0.05, 0.1) is 14.2 Å². The maximum Gasteiger partial charge on any atom is 0.268 e. The van der Waals surface area contributed by atoms with Gasteiger partial charge >= 0.3 is 0 Å². The largest absolute Gasteiger partial charge is 0.493 e. The molecule has 0 unspecified atom stereocenters. The summed E-state index contributed by atoms with van der Waals surface area (Å²) >= 11 is 0. The number of nitrogens with one attached hydrogen (secondary N) is 1. The Balaban J connectivity index is 2.54. The molecule has 0 saturated carbocycles. The van der Waals surface area contributed by atoms with Gasteiger partial charge in [-0.25, -0.2) is 0 Å². The van der Waals surface area contributed by atoms with E-state index in [0.29, 0.717) is 30.2 Å². The Bertz CT molecular complexity index is 486. The van der Waals surface area contributed by atoms with Crippen LogP contribution in [0.1, 0.15) is 12.5 Å². The molecule has 6 heteroatoms. The van der Waals surface area contributed by atoms with Crippen molar-refractivity contribution in [2.45, 2.75) is 13.3 Å². The van der Waals surface area contributed by atoms with Gasteiger partial charge in [-0.05, 0) is 31.0 Å². The van der Waals surface area contributed by atoms with Gasteiger partial charge in [0.15, 0.2) is 11.5 Å². The first-order chi connectivity index (χ1) is 9.62. The zero-order chi connectivity index (χ0) is 15.0. The van der Waals surface area contributed by atoms with E-state index in [1.807, 2.05) is 18.2 Å². The van der Waals surface area contributed by atoms with Crippen LogP contribution < -0.4 is 14.8 Å². The summed E-state index contributed by atoms with van der Waals surface area (Å²) < 4.78 is 10.4. The average Bonchev–Trinajstić information content (AvgIpc) is 2.47. The zero-order valence-corrected chi connectivity index (χ0v) is 12.2. The van der Waals surface area contributed by atoms with Crippen LogP contribution in [0.2, 0.25) is 0 Å². The third kappa shape index (κ3) is 4.46. The number of benzene rings is 1. The predicted octanol–water partition coefficient (Wildman–Crippen LogP) is 1.38. The smallest absolute Gasteiger partial charge is 0.268 e. The normalized spacial score (nSPS) is 10.9. The fraction of sp³-hybridized carbons (Fsp3) is 0.429. The van der Waals surface area contributed by atoms with Crippen LogP contribution in [0.4, 0.5) is 0 Å². The third-order valence-corrected chi connectivity index (χ3v) is 2.70. The van der Waals surface area contributed by atoms with Gasteiger partial charge in [-0.15, -0.1) is 0 Å². The molecule has 0 bridgehead atoms. The quantitative estimate of drug-likeness (QED) is 0.605. The second-order valence-corrected chi connectivity index (χ2v) is 4.05. The van der Waals surface area contributed by atoms with E-state index in [4.69, 9.17) is 9.47 Å². The van der Waals surface area contributed by atoms with Crippen LogP contribution in [0.25, 0.3) is 0 Å². The fourth-order valence-electron chi connectivity index (χ4n) is 1.66. The molecule has 20 heavy (non-hydrogen) atoms. The summed E-state index contributed by atoms with van der Waals surface area (Å²) in [6.45, 7) is 2.10. The van der Waals surface area contributed by atoms with Crippen molar-refractivity contribution in [2.75, 3.05) is 27.9 Å². The molecule has 0 heterocycles. The minimum Gasteiger partial charge on any atom is -0.493 e. The van der Waals surface area contributed by atoms with E-state index in [-0.39, 0.29) is 5.91 Å². The van der Waals surface area contributed by atoms with Gasteiger partial charge in [-0.2, -0.15) is 0 Å². The van der Waals surface area contributed by atoms with E-state index >= 15 is 0 Å². The molecule has 6 nitrogen and oxygen atoms in total. The third-order valence-electron chi connectivity index (χ3n) is 2.70. The summed E-state index contributed by atoms with van der Waals surface area (Å²) in [4.78, 5) is 16.1. The number of ether oxygens (including phenoxy) is 2. The topological polar surface area (TPSA) is 69.2 Å². The van der Waals surface area contributed by atoms with E-state index < -0.39 is 0 Å². The molecule has 1 N–H and O–H groups in total. The summed E-state index contributed by atoms with van der Waals surface area (Å²) in [5.74, 6) is 1.11. The zero-order valence-electron chi connectivity index (χ0n) is 12.2. The molecule has 0 fully saturated rings. The molecule has 0 aromatic heterocycles. The van der Waals surface area contributed by atoms with Crippen LogP contribution in [-0.2, 0) is 16.1 Å². The lowest BCUT2D eigenvalue weighted by Gasteiger charge is -2.10. The molecule has 0 atom stereocenters. The van der Waals surface area contributed by atoms with Crippen LogP contribution in [0.5, 0.6) is 11.5 Å². The fourth-order valence-corrected chi connectivity index (χ4v) is 1.66. The first-order valence-corrected chi connectivity index (χ1v) is 6.19. The monoisotopic (exact) mass is 280 g/mol. The molecular formula is C14H20N2O4. The summed E-state index contributed by atoms with van der Waals surface area (Å²) in [5.41, 5.74) is 1.34. The Hall–Kier alpha value is -2.24. The summed E-state index contributed by atoms with van der Waals surface area (Å²) in [6, 6.07) is 5.66. The number of amides is 1. The van der Waals surface area contributed by atoms with E-state index in [9.17, 15) is 4.79 Å². The molecule has 0 radical (unpaired) electrons. The van der Waals surface area contributed by atoms with Gasteiger partial charge < -0.3 is 19.6 Å². The summed E-state index contributed by atoms with van der Waals surface area (Å²) in [6.07, 6.45) is 0.687. The average molecular weight is 280 g/mol. The molecule has 1 amide bonds. The van der Waals surface area contributed by atoms with Gasteiger partial charge in [0, 0.05) is 6.54 Å². The number of hydrogen-bond donors (Lipinski definition) is 1. The molecule has 1 aromatic rings. The van der Waals surface area contributed by atoms with Gasteiger partial charge in [0.2, 0.25) is 0 Å². The van der Waals surface area contributed by atoms with E-state index in [1.54, 1.807) is 21.1 Å². The van der Waals surface area contributed by atoms with Crippen molar-refractivity contribution in [1.29, 1.82) is 0 Å². The number of hydrogen-bond acceptors (Lipinski definition) is 5. The number of carbonyl (C=O) groups is 1. The second-order valence-electron chi connectivity index (χ2n) is 4.05. The Morgan fingerprint density at radius 1 is 1.20 bits per heavy atom. The molecule has 1 rings (SSSR count). The standard InChI is InChI=1S/C14H20N2O4/c1-10(16-20-4)14(17)15-8-7-11-5-6-12(18-2)13(9-11)19-3/h5-6,9H,7-8H2,1-4H3,(H,15,17). The van der Waals surface area contributed by atoms with E-state index in [0.717, 1.165) is 5.56 Å². The number of rotatable bonds is 7. The van der Waals surface area contributed by atoms with Crippen molar-refractivity contribution < 1.29 is 19.1 Å². The van der Waals surface area contributed by atoms with Crippen molar-refractivity contribution in [3.63, 3.8) is 0 Å². The van der Waals surface area contributed by atoms with Crippen molar-refractivity contribution >= 4 is 11.6 Å². The van der Waals surface area contributed by atoms with E-state index in [2.05, 4.69) is 15.3 Å². The highest BCUT2D eigenvalue weighted by atomic mass is 16.6. The summed E-state index contributed by atoms with van der Waals surface area (Å²) in [7, 11) is 4.59. The Morgan fingerprint density at radius 3 is 2.50 bits per heavy atom. The van der Waals surface area contributed by atoms with Crippen molar-refractivity contribution in [2.24, 2.45) is 5.16 Å². The predicted molar refractivity (Wildman–Crippen MR) is 76.4 cm³/mol. The Kier molecular flexibility index (Phi) is 6.36. The lowest BCUT2D eigenvalue weighted by atomic mass is 10.1. The van der Waals surface area contributed by atoms with Crippen LogP contribution in [0.3, 0.4) is 0 Å².